The number of ether oxygens (including phenoxy) is 1. The fourth-order valence-electron chi connectivity index (χ4n) is 3.07. The Morgan fingerprint density at radius 2 is 1.91 bits per heavy atom. The molecule has 10 nitrogen and oxygen atoms in total. The number of hydrogen-bond acceptors (Lipinski definition) is 7. The smallest absolute Gasteiger partial charge is 0.343 e. The summed E-state index contributed by atoms with van der Waals surface area (Å²) >= 11 is 0. The zero-order valence-corrected chi connectivity index (χ0v) is 17.7. The van der Waals surface area contributed by atoms with Gasteiger partial charge in [0.2, 0.25) is 0 Å². The van der Waals surface area contributed by atoms with Gasteiger partial charge in [-0.2, -0.15) is 10.2 Å². The van der Waals surface area contributed by atoms with Gasteiger partial charge in [0.15, 0.2) is 0 Å². The summed E-state index contributed by atoms with van der Waals surface area (Å²) in [6, 6.07) is 14.4. The molecule has 1 atom stereocenters. The van der Waals surface area contributed by atoms with Crippen LogP contribution in [0.4, 0.5) is 5.69 Å². The highest BCUT2D eigenvalue weighted by atomic mass is 16.6. The Morgan fingerprint density at radius 1 is 1.19 bits per heavy atom. The van der Waals surface area contributed by atoms with Crippen LogP contribution in [-0.4, -0.2) is 32.8 Å². The summed E-state index contributed by atoms with van der Waals surface area (Å²) < 4.78 is 6.65. The van der Waals surface area contributed by atoms with E-state index in [0.29, 0.717) is 16.9 Å². The van der Waals surface area contributed by atoms with Gasteiger partial charge in [-0.1, -0.05) is 30.3 Å². The van der Waals surface area contributed by atoms with E-state index in [4.69, 9.17) is 4.74 Å². The molecule has 1 N–H and O–H groups in total. The third kappa shape index (κ3) is 5.04. The molecule has 1 heterocycles. The van der Waals surface area contributed by atoms with Gasteiger partial charge < -0.3 is 4.74 Å². The van der Waals surface area contributed by atoms with Crippen molar-refractivity contribution < 1.29 is 19.2 Å². The lowest BCUT2D eigenvalue weighted by Crippen LogP contribution is -2.28. The maximum atomic E-state index is 12.4. The molecule has 0 fully saturated rings. The molecule has 0 saturated heterocycles. The Kier molecular flexibility index (Phi) is 6.74. The molecule has 0 aliphatic carbocycles. The Bertz CT molecular complexity index is 1190. The molecule has 32 heavy (non-hydrogen) atoms. The van der Waals surface area contributed by atoms with Crippen molar-refractivity contribution >= 4 is 23.8 Å². The molecule has 1 unspecified atom stereocenters. The van der Waals surface area contributed by atoms with Crippen LogP contribution in [0.5, 0.6) is 5.75 Å². The van der Waals surface area contributed by atoms with Crippen molar-refractivity contribution in [3.05, 3.63) is 87.2 Å². The van der Waals surface area contributed by atoms with Crippen LogP contribution in [0.25, 0.3) is 0 Å². The number of nitrogens with one attached hydrogen (secondary N) is 1. The first kappa shape index (κ1) is 22.3. The Labute approximate surface area is 183 Å². The second-order valence-electron chi connectivity index (χ2n) is 6.96. The van der Waals surface area contributed by atoms with Crippen molar-refractivity contribution in [2.24, 2.45) is 5.10 Å². The van der Waals surface area contributed by atoms with Crippen molar-refractivity contribution in [2.75, 3.05) is 0 Å². The van der Waals surface area contributed by atoms with E-state index < -0.39 is 22.8 Å². The van der Waals surface area contributed by atoms with Crippen molar-refractivity contribution in [3.63, 3.8) is 0 Å². The average Bonchev–Trinajstić information content (AvgIpc) is 3.08. The lowest BCUT2D eigenvalue weighted by Gasteiger charge is -2.11. The Balaban J connectivity index is 1.64. The number of aryl methyl sites for hydroxylation is 1. The monoisotopic (exact) mass is 435 g/mol. The van der Waals surface area contributed by atoms with E-state index in [1.165, 1.54) is 24.7 Å². The molecule has 0 aliphatic heterocycles. The van der Waals surface area contributed by atoms with Crippen LogP contribution in [0.3, 0.4) is 0 Å². The molecule has 3 rings (SSSR count). The molecular weight excluding hydrogens is 414 g/mol. The number of benzene rings is 2. The zero-order chi connectivity index (χ0) is 23.3. The molecule has 0 saturated carbocycles. The number of carbonyl (C=O) groups is 2. The minimum absolute atomic E-state index is 0.116. The number of amides is 1. The Hall–Kier alpha value is -4.34. The lowest BCUT2D eigenvalue weighted by atomic mass is 10.2. The lowest BCUT2D eigenvalue weighted by molar-refractivity contribution is -0.386. The second-order valence-corrected chi connectivity index (χ2v) is 6.96. The number of esters is 1. The number of hydrogen-bond donors (Lipinski definition) is 1. The van der Waals surface area contributed by atoms with E-state index >= 15 is 0 Å². The zero-order valence-electron chi connectivity index (χ0n) is 17.7. The number of nitro groups is 1. The number of aromatic nitrogens is 2. The standard InChI is InChI=1S/C22H21N5O5/c1-14-20(27(30)31)15(2)26(25-14)16(3)21(28)24-23-13-17-8-7-11-19(12-17)32-22(29)18-9-5-4-6-10-18/h4-13,16H,1-3H3,(H,24,28)/b23-13+. The summed E-state index contributed by atoms with van der Waals surface area (Å²) in [7, 11) is 0. The molecule has 0 radical (unpaired) electrons. The summed E-state index contributed by atoms with van der Waals surface area (Å²) in [6.45, 7) is 4.62. The van der Waals surface area contributed by atoms with Crippen molar-refractivity contribution in [2.45, 2.75) is 26.8 Å². The van der Waals surface area contributed by atoms with Crippen LogP contribution in [0.1, 0.15) is 40.3 Å². The molecule has 10 heteroatoms. The van der Waals surface area contributed by atoms with Crippen molar-refractivity contribution in [3.8, 4) is 5.75 Å². The molecular formula is C22H21N5O5. The highest BCUT2D eigenvalue weighted by molar-refractivity contribution is 5.91. The topological polar surface area (TPSA) is 129 Å². The van der Waals surface area contributed by atoms with E-state index in [9.17, 15) is 19.7 Å². The molecule has 164 valence electrons. The first-order chi connectivity index (χ1) is 15.3. The summed E-state index contributed by atoms with van der Waals surface area (Å²) in [5, 5.41) is 19.2. The summed E-state index contributed by atoms with van der Waals surface area (Å²) in [4.78, 5) is 35.2. The quantitative estimate of drug-likeness (QED) is 0.199. The molecule has 2 aromatic carbocycles. The number of hydrazone groups is 1. The largest absolute Gasteiger partial charge is 0.423 e. The van der Waals surface area contributed by atoms with Gasteiger partial charge in [0.25, 0.3) is 5.91 Å². The second kappa shape index (κ2) is 9.65. The van der Waals surface area contributed by atoms with E-state index in [2.05, 4.69) is 15.6 Å². The summed E-state index contributed by atoms with van der Waals surface area (Å²) in [6.07, 6.45) is 1.40. The predicted molar refractivity (Wildman–Crippen MR) is 117 cm³/mol. The highest BCUT2D eigenvalue weighted by Gasteiger charge is 2.26. The molecule has 1 aromatic heterocycles. The van der Waals surface area contributed by atoms with E-state index in [0.717, 1.165) is 0 Å². The summed E-state index contributed by atoms with van der Waals surface area (Å²) in [5.74, 6) is -0.647. The van der Waals surface area contributed by atoms with Crippen molar-refractivity contribution in [1.82, 2.24) is 15.2 Å². The Morgan fingerprint density at radius 3 is 2.56 bits per heavy atom. The van der Waals surface area contributed by atoms with Gasteiger partial charge >= 0.3 is 11.7 Å². The molecule has 3 aromatic rings. The third-order valence-corrected chi connectivity index (χ3v) is 4.68. The minimum Gasteiger partial charge on any atom is -0.423 e. The predicted octanol–water partition coefficient (Wildman–Crippen LogP) is 3.34. The molecule has 1 amide bonds. The maximum Gasteiger partial charge on any atom is 0.343 e. The number of rotatable bonds is 7. The van der Waals surface area contributed by atoms with E-state index in [1.54, 1.807) is 61.5 Å². The molecule has 0 spiro atoms. The minimum atomic E-state index is -0.808. The highest BCUT2D eigenvalue weighted by Crippen LogP contribution is 2.24. The van der Waals surface area contributed by atoms with Crippen LogP contribution in [-0.2, 0) is 4.79 Å². The number of nitrogens with zero attached hydrogens (tertiary/aromatic N) is 4. The van der Waals surface area contributed by atoms with Gasteiger partial charge in [-0.15, -0.1) is 0 Å². The fraction of sp³-hybridized carbons (Fsp3) is 0.182. The van der Waals surface area contributed by atoms with Gasteiger partial charge in [-0.05, 0) is 50.6 Å². The van der Waals surface area contributed by atoms with Crippen LogP contribution in [0, 0.1) is 24.0 Å². The van der Waals surface area contributed by atoms with Gasteiger partial charge in [0, 0.05) is 0 Å². The third-order valence-electron chi connectivity index (χ3n) is 4.68. The molecule has 0 bridgehead atoms. The first-order valence-electron chi connectivity index (χ1n) is 9.68. The van der Waals surface area contributed by atoms with Crippen LogP contribution in [0.2, 0.25) is 0 Å². The van der Waals surface area contributed by atoms with Crippen LogP contribution >= 0.6 is 0 Å². The van der Waals surface area contributed by atoms with Gasteiger partial charge in [-0.3, -0.25) is 19.6 Å². The fourth-order valence-corrected chi connectivity index (χ4v) is 3.07. The van der Waals surface area contributed by atoms with Crippen LogP contribution < -0.4 is 10.2 Å². The molecule has 0 aliphatic rings. The summed E-state index contributed by atoms with van der Waals surface area (Å²) in [5.41, 5.74) is 3.82. The number of carbonyl (C=O) groups excluding carboxylic acids is 2. The van der Waals surface area contributed by atoms with Crippen LogP contribution in [0.15, 0.2) is 59.7 Å². The van der Waals surface area contributed by atoms with E-state index in [-0.39, 0.29) is 17.1 Å². The van der Waals surface area contributed by atoms with Crippen molar-refractivity contribution in [1.29, 1.82) is 0 Å². The maximum absolute atomic E-state index is 12.4. The van der Waals surface area contributed by atoms with E-state index in [1.807, 2.05) is 0 Å². The normalized spacial score (nSPS) is 11.8. The first-order valence-corrected chi connectivity index (χ1v) is 9.68. The average molecular weight is 435 g/mol. The van der Waals surface area contributed by atoms with Gasteiger partial charge in [-0.25, -0.2) is 10.2 Å². The van der Waals surface area contributed by atoms with Gasteiger partial charge in [0.05, 0.1) is 16.7 Å². The SMILES string of the molecule is Cc1nn(C(C)C(=O)N/N=C/c2cccc(OC(=O)c3ccccc3)c2)c(C)c1[N+](=O)[O-]. The van der Waals surface area contributed by atoms with Gasteiger partial charge in [0.1, 0.15) is 23.2 Å².